The summed E-state index contributed by atoms with van der Waals surface area (Å²) in [4.78, 5) is 26.2. The van der Waals surface area contributed by atoms with Gasteiger partial charge >= 0.3 is 0 Å². The summed E-state index contributed by atoms with van der Waals surface area (Å²) in [5.41, 5.74) is 2.03. The Morgan fingerprint density at radius 3 is 2.76 bits per heavy atom. The lowest BCUT2D eigenvalue weighted by molar-refractivity contribution is 0.0581. The number of carbonyl (C=O) groups excluding carboxylic acids is 1. The number of nitrogens with zero attached hydrogens (tertiary/aromatic N) is 4. The topological polar surface area (TPSA) is 67.3 Å². The van der Waals surface area contributed by atoms with Crippen LogP contribution in [0.25, 0.3) is 0 Å². The van der Waals surface area contributed by atoms with Crippen molar-refractivity contribution in [2.45, 2.75) is 13.0 Å². The van der Waals surface area contributed by atoms with Crippen LogP contribution in [-0.4, -0.2) is 59.3 Å². The molecule has 0 aliphatic carbocycles. The monoisotopic (exact) mass is 462 g/mol. The van der Waals surface area contributed by atoms with E-state index in [0.717, 1.165) is 22.8 Å². The molecule has 2 aromatic carbocycles. The van der Waals surface area contributed by atoms with Crippen molar-refractivity contribution < 1.29 is 14.3 Å². The molecule has 0 spiro atoms. The third-order valence-electron chi connectivity index (χ3n) is 5.92. The third-order valence-corrected chi connectivity index (χ3v) is 6.22. The van der Waals surface area contributed by atoms with Crippen LogP contribution >= 0.6 is 11.6 Å². The number of aromatic nitrogens is 1. The first kappa shape index (κ1) is 21.3. The van der Waals surface area contributed by atoms with Crippen molar-refractivity contribution in [2.24, 2.45) is 4.99 Å². The number of fused-ring (bicyclic) bond motifs is 2. The molecule has 3 heterocycles. The summed E-state index contributed by atoms with van der Waals surface area (Å²) in [5.74, 6) is 2.83. The molecule has 1 unspecified atom stereocenters. The summed E-state index contributed by atoms with van der Waals surface area (Å²) >= 11 is 6.17. The Morgan fingerprint density at radius 1 is 1.12 bits per heavy atom. The molecule has 2 aliphatic rings. The van der Waals surface area contributed by atoms with Crippen LogP contribution < -0.4 is 9.47 Å². The second kappa shape index (κ2) is 8.75. The molecule has 0 saturated carbocycles. The number of piperazine rings is 1. The van der Waals surface area contributed by atoms with E-state index in [1.807, 2.05) is 54.3 Å². The summed E-state index contributed by atoms with van der Waals surface area (Å²) in [6, 6.07) is 16.8. The number of halogens is 1. The number of aliphatic imine (C=N–C) groups is 1. The molecular formula is C25H23ClN4O3. The molecule has 1 fully saturated rings. The van der Waals surface area contributed by atoms with Crippen LogP contribution in [0, 0.1) is 0 Å². The van der Waals surface area contributed by atoms with Gasteiger partial charge in [0.1, 0.15) is 28.2 Å². The number of hydrogen-bond acceptors (Lipinski definition) is 6. The molecule has 3 aromatic rings. The summed E-state index contributed by atoms with van der Waals surface area (Å²) in [5, 5.41) is 0.222. The van der Waals surface area contributed by atoms with Gasteiger partial charge in [-0.3, -0.25) is 4.79 Å². The van der Waals surface area contributed by atoms with Crippen LogP contribution in [0.2, 0.25) is 5.15 Å². The second-order valence-corrected chi connectivity index (χ2v) is 8.36. The molecule has 1 amide bonds. The molecule has 1 aromatic heterocycles. The molecular weight excluding hydrogens is 440 g/mol. The van der Waals surface area contributed by atoms with Gasteiger partial charge in [-0.1, -0.05) is 23.7 Å². The maximum Gasteiger partial charge on any atom is 0.257 e. The standard InChI is InChI=1S/C25H23ClN4O3/c1-16-15-29(12-13-30(16)25(31)18-6-5-11-27-23(18)26)24-19-14-17(32-2)9-10-21(19)33-22-8-4-3-7-20(22)28-24/h3-11,14,16H,12-13,15H2,1-2H3. The van der Waals surface area contributed by atoms with Crippen LogP contribution in [0.3, 0.4) is 0 Å². The number of ether oxygens (including phenoxy) is 2. The molecule has 0 N–H and O–H groups in total. The normalized spacial score (nSPS) is 17.3. The smallest absolute Gasteiger partial charge is 0.257 e. The molecule has 7 nitrogen and oxygen atoms in total. The van der Waals surface area contributed by atoms with Crippen molar-refractivity contribution >= 4 is 29.0 Å². The Hall–Kier alpha value is -3.58. The molecule has 168 valence electrons. The van der Waals surface area contributed by atoms with Crippen LogP contribution in [0.1, 0.15) is 22.8 Å². The summed E-state index contributed by atoms with van der Waals surface area (Å²) < 4.78 is 11.7. The summed E-state index contributed by atoms with van der Waals surface area (Å²) in [6.07, 6.45) is 1.58. The molecule has 8 heteroatoms. The second-order valence-electron chi connectivity index (χ2n) is 8.00. The van der Waals surface area contributed by atoms with E-state index in [9.17, 15) is 4.79 Å². The highest BCUT2D eigenvalue weighted by molar-refractivity contribution is 6.32. The van der Waals surface area contributed by atoms with Gasteiger partial charge in [0.15, 0.2) is 5.75 Å². The van der Waals surface area contributed by atoms with E-state index < -0.39 is 0 Å². The highest BCUT2D eigenvalue weighted by atomic mass is 35.5. The lowest BCUT2D eigenvalue weighted by Gasteiger charge is -2.41. The fourth-order valence-electron chi connectivity index (χ4n) is 4.22. The maximum atomic E-state index is 13.1. The van der Waals surface area contributed by atoms with E-state index >= 15 is 0 Å². The zero-order valence-electron chi connectivity index (χ0n) is 18.4. The van der Waals surface area contributed by atoms with Crippen molar-refractivity contribution in [2.75, 3.05) is 26.7 Å². The van der Waals surface area contributed by atoms with E-state index in [0.29, 0.717) is 36.7 Å². The average Bonchev–Trinajstić information content (AvgIpc) is 3.00. The minimum Gasteiger partial charge on any atom is -0.497 e. The lowest BCUT2D eigenvalue weighted by atomic mass is 10.1. The van der Waals surface area contributed by atoms with Crippen molar-refractivity contribution in [3.8, 4) is 17.2 Å². The minimum absolute atomic E-state index is 0.0568. The zero-order chi connectivity index (χ0) is 22.9. The van der Waals surface area contributed by atoms with Gasteiger partial charge in [-0.15, -0.1) is 0 Å². The summed E-state index contributed by atoms with van der Waals surface area (Å²) in [6.45, 7) is 3.79. The molecule has 33 heavy (non-hydrogen) atoms. The molecule has 0 bridgehead atoms. The van der Waals surface area contributed by atoms with Gasteiger partial charge in [-0.25, -0.2) is 9.98 Å². The van der Waals surface area contributed by atoms with E-state index in [4.69, 9.17) is 26.1 Å². The van der Waals surface area contributed by atoms with Crippen molar-refractivity contribution in [3.05, 3.63) is 77.1 Å². The van der Waals surface area contributed by atoms with E-state index in [1.54, 1.807) is 25.4 Å². The number of amides is 1. The molecule has 1 atom stereocenters. The summed E-state index contributed by atoms with van der Waals surface area (Å²) in [7, 11) is 1.64. The Kier molecular flexibility index (Phi) is 5.64. The van der Waals surface area contributed by atoms with Crippen LogP contribution in [0.4, 0.5) is 5.69 Å². The van der Waals surface area contributed by atoms with Gasteiger partial charge in [0.2, 0.25) is 0 Å². The maximum absolute atomic E-state index is 13.1. The van der Waals surface area contributed by atoms with Gasteiger partial charge < -0.3 is 19.3 Å². The number of rotatable bonds is 2. The van der Waals surface area contributed by atoms with Crippen molar-refractivity contribution in [1.29, 1.82) is 0 Å². The Morgan fingerprint density at radius 2 is 1.97 bits per heavy atom. The minimum atomic E-state index is -0.112. The molecule has 0 radical (unpaired) electrons. The first-order valence-corrected chi connectivity index (χ1v) is 11.1. The van der Waals surface area contributed by atoms with E-state index in [-0.39, 0.29) is 17.1 Å². The van der Waals surface area contributed by atoms with Gasteiger partial charge in [-0.2, -0.15) is 0 Å². The number of carbonyl (C=O) groups is 1. The van der Waals surface area contributed by atoms with Crippen LogP contribution in [0.5, 0.6) is 17.2 Å². The van der Waals surface area contributed by atoms with Gasteiger partial charge in [-0.05, 0) is 49.4 Å². The van der Waals surface area contributed by atoms with Crippen molar-refractivity contribution in [1.82, 2.24) is 14.8 Å². The van der Waals surface area contributed by atoms with Gasteiger partial charge in [0.05, 0.1) is 18.2 Å². The fraction of sp³-hybridized carbons (Fsp3) is 0.240. The number of hydrogen-bond donors (Lipinski definition) is 0. The predicted octanol–water partition coefficient (Wildman–Crippen LogP) is 4.77. The quantitative estimate of drug-likeness (QED) is 0.513. The number of amidine groups is 1. The number of benzene rings is 2. The highest BCUT2D eigenvalue weighted by Gasteiger charge is 2.32. The number of methoxy groups -OCH3 is 1. The van der Waals surface area contributed by atoms with Crippen LogP contribution in [-0.2, 0) is 0 Å². The number of para-hydroxylation sites is 2. The predicted molar refractivity (Wildman–Crippen MR) is 127 cm³/mol. The van der Waals surface area contributed by atoms with E-state index in [1.165, 1.54) is 0 Å². The zero-order valence-corrected chi connectivity index (χ0v) is 19.1. The van der Waals surface area contributed by atoms with Crippen molar-refractivity contribution in [3.63, 3.8) is 0 Å². The van der Waals surface area contributed by atoms with Gasteiger partial charge in [0.25, 0.3) is 5.91 Å². The molecule has 2 aliphatic heterocycles. The Bertz CT molecular complexity index is 1250. The van der Waals surface area contributed by atoms with Gasteiger partial charge in [0, 0.05) is 31.9 Å². The lowest BCUT2D eigenvalue weighted by Crippen LogP contribution is -2.55. The fourth-order valence-corrected chi connectivity index (χ4v) is 4.42. The first-order chi connectivity index (χ1) is 16.0. The average molecular weight is 463 g/mol. The third kappa shape index (κ3) is 4.00. The highest BCUT2D eigenvalue weighted by Crippen LogP contribution is 2.39. The SMILES string of the molecule is COc1ccc2c(c1)C(N1CCN(C(=O)c3cccnc3Cl)C(C)C1)=Nc1ccccc1O2. The largest absolute Gasteiger partial charge is 0.497 e. The first-order valence-electron chi connectivity index (χ1n) is 10.8. The Labute approximate surface area is 197 Å². The molecule has 1 saturated heterocycles. The Balaban J connectivity index is 1.47. The number of pyridine rings is 1. The molecule has 5 rings (SSSR count). The van der Waals surface area contributed by atoms with Crippen LogP contribution in [0.15, 0.2) is 65.8 Å². The van der Waals surface area contributed by atoms with E-state index in [2.05, 4.69) is 9.88 Å².